The van der Waals surface area contributed by atoms with E-state index in [-0.39, 0.29) is 17.9 Å². The first-order chi connectivity index (χ1) is 12.7. The predicted octanol–water partition coefficient (Wildman–Crippen LogP) is 2.44. The second kappa shape index (κ2) is 6.32. The summed E-state index contributed by atoms with van der Waals surface area (Å²) >= 11 is 1.57. The van der Waals surface area contributed by atoms with Crippen LogP contribution in [0.1, 0.15) is 49.0 Å². The highest BCUT2D eigenvalue weighted by Crippen LogP contribution is 2.34. The zero-order valence-electron chi connectivity index (χ0n) is 14.5. The van der Waals surface area contributed by atoms with Crippen molar-refractivity contribution in [2.45, 2.75) is 56.7 Å². The number of anilines is 1. The Balaban J connectivity index is 1.36. The van der Waals surface area contributed by atoms with E-state index in [0.29, 0.717) is 24.2 Å². The number of amides is 2. The van der Waals surface area contributed by atoms with Gasteiger partial charge in [0, 0.05) is 37.3 Å². The highest BCUT2D eigenvalue weighted by molar-refractivity contribution is 7.23. The van der Waals surface area contributed by atoms with Gasteiger partial charge in [0.15, 0.2) is 0 Å². The molecule has 0 saturated carbocycles. The first-order valence-electron chi connectivity index (χ1n) is 9.44. The van der Waals surface area contributed by atoms with Crippen LogP contribution in [0.3, 0.4) is 0 Å². The van der Waals surface area contributed by atoms with Gasteiger partial charge >= 0.3 is 0 Å². The Bertz CT molecular complexity index is 880. The van der Waals surface area contributed by atoms with Crippen molar-refractivity contribution >= 4 is 38.2 Å². The minimum absolute atomic E-state index is 0.104. The number of piperidine rings is 1. The van der Waals surface area contributed by atoms with Crippen molar-refractivity contribution in [2.24, 2.45) is 0 Å². The van der Waals surface area contributed by atoms with Crippen LogP contribution in [-0.4, -0.2) is 41.5 Å². The van der Waals surface area contributed by atoms with E-state index in [9.17, 15) is 9.59 Å². The molecule has 2 amide bonds. The normalized spacial score (nSPS) is 28.1. The first kappa shape index (κ1) is 16.2. The lowest BCUT2D eigenvalue weighted by molar-refractivity contribution is -0.119. The molecule has 0 spiro atoms. The fraction of sp³-hybridized carbons (Fsp3) is 0.526. The molecule has 3 atom stereocenters. The lowest BCUT2D eigenvalue weighted by atomic mass is 9.95. The molecule has 2 aromatic rings. The third kappa shape index (κ3) is 2.79. The smallest absolute Gasteiger partial charge is 0.270 e. The monoisotopic (exact) mass is 370 g/mol. The van der Waals surface area contributed by atoms with E-state index in [1.807, 2.05) is 17.0 Å². The Kier molecular flexibility index (Phi) is 3.94. The van der Waals surface area contributed by atoms with Gasteiger partial charge in [0.1, 0.15) is 5.69 Å². The standard InChI is InChI=1S/C19H22N4O2S/c24-17-3-1-2-6-23(17)18-8-11-7-15(20-10-16(11)26-18)19(25)22-14-9-12-4-5-13(14)21-12/h7-8,10,12-14,21H,1-6,9H2,(H,22,25)/t12-,13+,14-/m1/s1. The maximum atomic E-state index is 12.6. The van der Waals surface area contributed by atoms with Gasteiger partial charge in [-0.05, 0) is 49.6 Å². The Morgan fingerprint density at radius 1 is 1.31 bits per heavy atom. The van der Waals surface area contributed by atoms with Gasteiger partial charge in [-0.25, -0.2) is 4.98 Å². The minimum atomic E-state index is -0.104. The largest absolute Gasteiger partial charge is 0.346 e. The van der Waals surface area contributed by atoms with Crippen LogP contribution in [0.2, 0.25) is 0 Å². The van der Waals surface area contributed by atoms with Gasteiger partial charge in [0.05, 0.1) is 9.70 Å². The molecule has 0 aliphatic carbocycles. The Labute approximate surface area is 156 Å². The van der Waals surface area contributed by atoms with E-state index in [2.05, 4.69) is 15.6 Å². The van der Waals surface area contributed by atoms with E-state index >= 15 is 0 Å². The zero-order valence-corrected chi connectivity index (χ0v) is 15.3. The second-order valence-electron chi connectivity index (χ2n) is 7.56. The number of carbonyl (C=O) groups excluding carboxylic acids is 2. The molecule has 2 N–H and O–H groups in total. The number of hydrogen-bond donors (Lipinski definition) is 2. The number of fused-ring (bicyclic) bond motifs is 3. The highest BCUT2D eigenvalue weighted by Gasteiger charge is 2.39. The summed E-state index contributed by atoms with van der Waals surface area (Å²) in [4.78, 5) is 31.0. The summed E-state index contributed by atoms with van der Waals surface area (Å²) in [5.74, 6) is 0.0885. The molecular weight excluding hydrogens is 348 g/mol. The Hall–Kier alpha value is -1.99. The fourth-order valence-electron chi connectivity index (χ4n) is 4.45. The van der Waals surface area contributed by atoms with E-state index in [1.165, 1.54) is 6.42 Å². The lowest BCUT2D eigenvalue weighted by Gasteiger charge is -2.24. The molecule has 6 nitrogen and oxygen atoms in total. The molecule has 2 aromatic heterocycles. The van der Waals surface area contributed by atoms with Crippen molar-refractivity contribution in [3.8, 4) is 0 Å². The molecule has 0 radical (unpaired) electrons. The molecule has 3 aliphatic heterocycles. The Morgan fingerprint density at radius 2 is 2.23 bits per heavy atom. The number of aromatic nitrogens is 1. The van der Waals surface area contributed by atoms with Gasteiger partial charge in [0.25, 0.3) is 5.91 Å². The van der Waals surface area contributed by atoms with Crippen LogP contribution in [0.15, 0.2) is 18.3 Å². The summed E-state index contributed by atoms with van der Waals surface area (Å²) < 4.78 is 1.01. The lowest BCUT2D eigenvalue weighted by Crippen LogP contribution is -2.43. The highest BCUT2D eigenvalue weighted by atomic mass is 32.1. The van der Waals surface area contributed by atoms with Crippen LogP contribution in [0.5, 0.6) is 0 Å². The number of thiophene rings is 1. The average Bonchev–Trinajstić information content (AvgIpc) is 3.36. The third-order valence-electron chi connectivity index (χ3n) is 5.83. The molecule has 3 saturated heterocycles. The minimum Gasteiger partial charge on any atom is -0.346 e. The fourth-order valence-corrected chi connectivity index (χ4v) is 5.51. The van der Waals surface area contributed by atoms with E-state index in [4.69, 9.17) is 0 Å². The number of nitrogens with one attached hydrogen (secondary N) is 2. The molecule has 136 valence electrons. The zero-order chi connectivity index (χ0) is 17.7. The van der Waals surface area contributed by atoms with E-state index in [1.54, 1.807) is 17.5 Å². The van der Waals surface area contributed by atoms with Crippen LogP contribution in [0.4, 0.5) is 5.00 Å². The number of rotatable bonds is 3. The van der Waals surface area contributed by atoms with E-state index in [0.717, 1.165) is 47.3 Å². The van der Waals surface area contributed by atoms with Gasteiger partial charge in [-0.3, -0.25) is 9.59 Å². The molecular formula is C19H22N4O2S. The average molecular weight is 370 g/mol. The van der Waals surface area contributed by atoms with Crippen molar-refractivity contribution in [3.63, 3.8) is 0 Å². The summed E-state index contributed by atoms with van der Waals surface area (Å²) in [5, 5.41) is 8.62. The quantitative estimate of drug-likeness (QED) is 0.870. The van der Waals surface area contributed by atoms with Gasteiger partial charge in [-0.15, -0.1) is 11.3 Å². The number of nitrogens with zero attached hydrogens (tertiary/aromatic N) is 2. The van der Waals surface area contributed by atoms with Gasteiger partial charge < -0.3 is 15.5 Å². The van der Waals surface area contributed by atoms with E-state index < -0.39 is 0 Å². The van der Waals surface area contributed by atoms with Crippen molar-refractivity contribution in [1.29, 1.82) is 0 Å². The van der Waals surface area contributed by atoms with Crippen LogP contribution in [0.25, 0.3) is 10.1 Å². The summed E-state index contributed by atoms with van der Waals surface area (Å²) in [7, 11) is 0. The summed E-state index contributed by atoms with van der Waals surface area (Å²) in [5.41, 5.74) is 0.453. The van der Waals surface area contributed by atoms with Crippen LogP contribution in [-0.2, 0) is 4.79 Å². The van der Waals surface area contributed by atoms with Crippen molar-refractivity contribution < 1.29 is 9.59 Å². The SMILES string of the molecule is O=C(N[C@@H]1C[C@H]2CC[C@@H]1N2)c1cc2cc(N3CCCCC3=O)sc2cn1. The molecule has 5 heterocycles. The molecule has 7 heteroatoms. The third-order valence-corrected chi connectivity index (χ3v) is 6.94. The van der Waals surface area contributed by atoms with Gasteiger partial charge in [-0.2, -0.15) is 0 Å². The van der Waals surface area contributed by atoms with Crippen molar-refractivity contribution in [2.75, 3.05) is 11.4 Å². The summed E-state index contributed by atoms with van der Waals surface area (Å²) in [6.07, 6.45) is 7.77. The molecule has 0 aromatic carbocycles. The maximum Gasteiger partial charge on any atom is 0.270 e. The summed E-state index contributed by atoms with van der Waals surface area (Å²) in [6.45, 7) is 0.781. The van der Waals surface area contributed by atoms with Crippen molar-refractivity contribution in [1.82, 2.24) is 15.6 Å². The summed E-state index contributed by atoms with van der Waals surface area (Å²) in [6, 6.07) is 5.04. The predicted molar refractivity (Wildman–Crippen MR) is 102 cm³/mol. The molecule has 5 rings (SSSR count). The number of carbonyl (C=O) groups is 2. The van der Waals surface area contributed by atoms with Crippen LogP contribution in [0, 0.1) is 0 Å². The molecule has 0 unspecified atom stereocenters. The molecule has 3 aliphatic rings. The van der Waals surface area contributed by atoms with Crippen LogP contribution < -0.4 is 15.5 Å². The molecule has 3 fully saturated rings. The first-order valence-corrected chi connectivity index (χ1v) is 10.3. The maximum absolute atomic E-state index is 12.6. The molecule has 26 heavy (non-hydrogen) atoms. The van der Waals surface area contributed by atoms with Gasteiger partial charge in [0.2, 0.25) is 5.91 Å². The number of hydrogen-bond acceptors (Lipinski definition) is 5. The van der Waals surface area contributed by atoms with Crippen molar-refractivity contribution in [3.05, 3.63) is 24.0 Å². The number of pyridine rings is 1. The molecule has 2 bridgehead atoms. The van der Waals surface area contributed by atoms with Crippen LogP contribution >= 0.6 is 11.3 Å². The Morgan fingerprint density at radius 3 is 3.00 bits per heavy atom. The topological polar surface area (TPSA) is 74.3 Å². The second-order valence-corrected chi connectivity index (χ2v) is 8.62. The van der Waals surface area contributed by atoms with Gasteiger partial charge in [-0.1, -0.05) is 0 Å².